The van der Waals surface area contributed by atoms with E-state index in [1.54, 1.807) is 34.0 Å². The number of hydrogen-bond acceptors (Lipinski definition) is 6. The van der Waals surface area contributed by atoms with E-state index >= 15 is 0 Å². The van der Waals surface area contributed by atoms with E-state index in [1.165, 1.54) is 0 Å². The molecule has 1 aromatic heterocycles. The number of hydrogen-bond donors (Lipinski definition) is 0. The van der Waals surface area contributed by atoms with Crippen LogP contribution in [0.3, 0.4) is 0 Å². The van der Waals surface area contributed by atoms with E-state index in [2.05, 4.69) is 4.57 Å². The maximum absolute atomic E-state index is 12.6. The lowest BCUT2D eigenvalue weighted by atomic mass is 10.2. The summed E-state index contributed by atoms with van der Waals surface area (Å²) in [7, 11) is 1.65. The van der Waals surface area contributed by atoms with Crippen LogP contribution in [0.2, 0.25) is 0 Å². The third-order valence-corrected chi connectivity index (χ3v) is 4.91. The molecule has 0 unspecified atom stereocenters. The van der Waals surface area contributed by atoms with Crippen LogP contribution < -0.4 is 0 Å². The van der Waals surface area contributed by atoms with Crippen LogP contribution in [0, 0.1) is 13.8 Å². The SMILES string of the molecule is COCCn1c(C)cc(/C=C2\SC(=O)N(CC(=O)OC(C)(C)C)C2=O)c1C. The number of thioether (sulfide) groups is 1. The maximum Gasteiger partial charge on any atom is 0.326 e. The molecule has 0 saturated carbocycles. The minimum absolute atomic E-state index is 0.301. The van der Waals surface area contributed by atoms with Crippen LogP contribution in [0.1, 0.15) is 37.7 Å². The third-order valence-electron chi connectivity index (χ3n) is 4.00. The zero-order valence-corrected chi connectivity index (χ0v) is 17.4. The first-order valence-corrected chi connectivity index (χ1v) is 9.48. The third kappa shape index (κ3) is 5.23. The van der Waals surface area contributed by atoms with Crippen LogP contribution in [0.5, 0.6) is 0 Å². The summed E-state index contributed by atoms with van der Waals surface area (Å²) in [6.07, 6.45) is 1.70. The van der Waals surface area contributed by atoms with Gasteiger partial charge < -0.3 is 14.0 Å². The highest BCUT2D eigenvalue weighted by atomic mass is 32.2. The zero-order chi connectivity index (χ0) is 20.4. The second-order valence-corrected chi connectivity index (χ2v) is 8.32. The number of aryl methyl sites for hydroxylation is 1. The van der Waals surface area contributed by atoms with Crippen molar-refractivity contribution in [2.24, 2.45) is 0 Å². The second-order valence-electron chi connectivity index (χ2n) is 7.33. The molecule has 2 amide bonds. The van der Waals surface area contributed by atoms with Crippen molar-refractivity contribution in [3.63, 3.8) is 0 Å². The van der Waals surface area contributed by atoms with Gasteiger partial charge in [-0.05, 0) is 64.1 Å². The molecule has 0 atom stereocenters. The number of methoxy groups -OCH3 is 1. The number of imide groups is 1. The lowest BCUT2D eigenvalue weighted by molar-refractivity contribution is -0.156. The molecule has 2 heterocycles. The number of carbonyl (C=O) groups excluding carboxylic acids is 3. The van der Waals surface area contributed by atoms with Crippen LogP contribution in [0.4, 0.5) is 4.79 Å². The van der Waals surface area contributed by atoms with Gasteiger partial charge in [0.2, 0.25) is 0 Å². The number of rotatable bonds is 6. The van der Waals surface area contributed by atoms with Gasteiger partial charge in [0.05, 0.1) is 11.5 Å². The molecule has 0 spiro atoms. The minimum Gasteiger partial charge on any atom is -0.459 e. The van der Waals surface area contributed by atoms with Crippen LogP contribution in [0.15, 0.2) is 11.0 Å². The first-order valence-electron chi connectivity index (χ1n) is 8.66. The average Bonchev–Trinajstić information content (AvgIpc) is 2.95. The highest BCUT2D eigenvalue weighted by Crippen LogP contribution is 2.33. The van der Waals surface area contributed by atoms with E-state index in [4.69, 9.17) is 9.47 Å². The van der Waals surface area contributed by atoms with Gasteiger partial charge in [-0.15, -0.1) is 0 Å². The van der Waals surface area contributed by atoms with Gasteiger partial charge in [-0.1, -0.05) is 0 Å². The standard InChI is InChI=1S/C19H26N2O5S/c1-12-9-14(13(2)20(12)7-8-25-6)10-15-17(23)21(18(24)27-15)11-16(22)26-19(3,4)5/h9-10H,7-8,11H2,1-6H3/b15-10-. The Kier molecular flexibility index (Phi) is 6.54. The van der Waals surface area contributed by atoms with E-state index in [1.807, 2.05) is 19.9 Å². The minimum atomic E-state index is -0.672. The molecule has 8 heteroatoms. The molecule has 0 aromatic carbocycles. The van der Waals surface area contributed by atoms with E-state index in [-0.39, 0.29) is 6.54 Å². The Morgan fingerprint density at radius 1 is 1.26 bits per heavy atom. The summed E-state index contributed by atoms with van der Waals surface area (Å²) in [6.45, 7) is 10.1. The van der Waals surface area contributed by atoms with E-state index < -0.39 is 22.7 Å². The molecule has 1 aromatic rings. The Morgan fingerprint density at radius 2 is 1.93 bits per heavy atom. The predicted molar refractivity (Wildman–Crippen MR) is 104 cm³/mol. The largest absolute Gasteiger partial charge is 0.459 e. The predicted octanol–water partition coefficient (Wildman–Crippen LogP) is 3.13. The van der Waals surface area contributed by atoms with Crippen molar-refractivity contribution in [1.82, 2.24) is 9.47 Å². The van der Waals surface area contributed by atoms with Gasteiger partial charge in [0, 0.05) is 25.0 Å². The molecular formula is C19H26N2O5S. The van der Waals surface area contributed by atoms with E-state index in [9.17, 15) is 14.4 Å². The van der Waals surface area contributed by atoms with Crippen molar-refractivity contribution in [2.75, 3.05) is 20.3 Å². The molecule has 7 nitrogen and oxygen atoms in total. The summed E-state index contributed by atoms with van der Waals surface area (Å²) in [5.74, 6) is -1.08. The molecule has 0 aliphatic carbocycles. The van der Waals surface area contributed by atoms with Gasteiger partial charge in [0.15, 0.2) is 0 Å². The van der Waals surface area contributed by atoms with Gasteiger partial charge >= 0.3 is 5.97 Å². The molecule has 27 heavy (non-hydrogen) atoms. The molecule has 0 radical (unpaired) electrons. The lowest BCUT2D eigenvalue weighted by Crippen LogP contribution is -2.37. The van der Waals surface area contributed by atoms with E-state index in [0.717, 1.165) is 33.6 Å². The van der Waals surface area contributed by atoms with Crippen LogP contribution in [0.25, 0.3) is 6.08 Å². The van der Waals surface area contributed by atoms with Crippen LogP contribution >= 0.6 is 11.8 Å². The van der Waals surface area contributed by atoms with Gasteiger partial charge in [0.25, 0.3) is 11.1 Å². The van der Waals surface area contributed by atoms with Crippen molar-refractivity contribution in [1.29, 1.82) is 0 Å². The molecular weight excluding hydrogens is 368 g/mol. The summed E-state index contributed by atoms with van der Waals surface area (Å²) in [4.78, 5) is 37.9. The normalized spacial score (nSPS) is 16.5. The molecule has 0 N–H and O–H groups in total. The Balaban J connectivity index is 2.18. The summed E-state index contributed by atoms with van der Waals surface area (Å²) < 4.78 is 12.4. The first kappa shape index (κ1) is 21.2. The number of amides is 2. The fourth-order valence-corrected chi connectivity index (χ4v) is 3.61. The smallest absolute Gasteiger partial charge is 0.326 e. The Morgan fingerprint density at radius 3 is 2.52 bits per heavy atom. The van der Waals surface area contributed by atoms with Gasteiger partial charge in [-0.25, -0.2) is 0 Å². The Hall–Kier alpha value is -2.06. The second kappa shape index (κ2) is 8.31. The quantitative estimate of drug-likeness (QED) is 0.545. The zero-order valence-electron chi connectivity index (χ0n) is 16.6. The number of nitrogens with zero attached hydrogens (tertiary/aromatic N) is 2. The van der Waals surface area contributed by atoms with Gasteiger partial charge in [-0.2, -0.15) is 0 Å². The first-order chi connectivity index (χ1) is 12.5. The molecule has 1 saturated heterocycles. The Bertz CT molecular complexity index is 789. The average molecular weight is 394 g/mol. The monoisotopic (exact) mass is 394 g/mol. The summed E-state index contributed by atoms with van der Waals surface area (Å²) in [6, 6.07) is 1.97. The van der Waals surface area contributed by atoms with Crippen LogP contribution in [-0.4, -0.2) is 52.4 Å². The van der Waals surface area contributed by atoms with Crippen molar-refractivity contribution in [2.45, 2.75) is 46.8 Å². The summed E-state index contributed by atoms with van der Waals surface area (Å²) in [5.41, 5.74) is 2.23. The summed E-state index contributed by atoms with van der Waals surface area (Å²) >= 11 is 0.835. The fraction of sp³-hybridized carbons (Fsp3) is 0.526. The molecule has 0 bridgehead atoms. The van der Waals surface area contributed by atoms with Crippen LogP contribution in [-0.2, 0) is 25.6 Å². The van der Waals surface area contributed by atoms with Crippen molar-refractivity contribution in [3.8, 4) is 0 Å². The molecule has 1 aliphatic heterocycles. The van der Waals surface area contributed by atoms with Gasteiger partial charge in [-0.3, -0.25) is 19.3 Å². The Labute approximate surface area is 163 Å². The molecule has 1 fully saturated rings. The highest BCUT2D eigenvalue weighted by molar-refractivity contribution is 8.18. The number of aromatic nitrogens is 1. The number of ether oxygens (including phenoxy) is 2. The molecule has 2 rings (SSSR count). The lowest BCUT2D eigenvalue weighted by Gasteiger charge is -2.21. The fourth-order valence-electron chi connectivity index (χ4n) is 2.78. The highest BCUT2D eigenvalue weighted by Gasteiger charge is 2.37. The number of carbonyl (C=O) groups is 3. The maximum atomic E-state index is 12.6. The van der Waals surface area contributed by atoms with Gasteiger partial charge in [0.1, 0.15) is 12.1 Å². The van der Waals surface area contributed by atoms with E-state index in [0.29, 0.717) is 18.1 Å². The molecule has 1 aliphatic rings. The topological polar surface area (TPSA) is 77.8 Å². The number of esters is 1. The van der Waals surface area contributed by atoms with Crippen molar-refractivity contribution < 1.29 is 23.9 Å². The van der Waals surface area contributed by atoms with Crippen molar-refractivity contribution in [3.05, 3.63) is 27.9 Å². The van der Waals surface area contributed by atoms with Crippen molar-refractivity contribution >= 4 is 35.0 Å². The summed E-state index contributed by atoms with van der Waals surface area (Å²) in [5, 5.41) is -0.467. The molecule has 148 valence electrons.